The number of carbonyl (C=O) groups excluding carboxylic acids is 2. The molecule has 0 aromatic carbocycles. The van der Waals surface area contributed by atoms with E-state index in [0.29, 0.717) is 0 Å². The van der Waals surface area contributed by atoms with Gasteiger partial charge in [0, 0.05) is 0 Å². The molecule has 0 spiro atoms. The summed E-state index contributed by atoms with van der Waals surface area (Å²) in [5.74, 6) is -3.27. The minimum atomic E-state index is -1.35. The standard InChI is InChI=1S/C9H14O7/c1-4(10)8(13)16-6(3)9(14)15-5(2)7(11)12/h4-6,10H,1-3H3,(H,11,12)/t4-,5-,6-/m1/s1. The molecule has 0 aliphatic heterocycles. The van der Waals surface area contributed by atoms with Gasteiger partial charge < -0.3 is 19.7 Å². The lowest BCUT2D eigenvalue weighted by Crippen LogP contribution is -2.34. The van der Waals surface area contributed by atoms with Crippen LogP contribution in [0, 0.1) is 0 Å². The molecule has 2 N–H and O–H groups in total. The first kappa shape index (κ1) is 14.4. The molecule has 0 aliphatic rings. The Morgan fingerprint density at radius 1 is 0.938 bits per heavy atom. The molecule has 0 unspecified atom stereocenters. The summed E-state index contributed by atoms with van der Waals surface area (Å²) >= 11 is 0. The Morgan fingerprint density at radius 2 is 1.38 bits per heavy atom. The van der Waals surface area contributed by atoms with Crippen molar-refractivity contribution in [1.29, 1.82) is 0 Å². The second kappa shape index (κ2) is 6.06. The second-order valence-corrected chi connectivity index (χ2v) is 3.17. The zero-order valence-electron chi connectivity index (χ0n) is 9.17. The summed E-state index contributed by atoms with van der Waals surface area (Å²) in [6.07, 6.45) is -3.93. The molecular formula is C9H14O7. The van der Waals surface area contributed by atoms with E-state index in [2.05, 4.69) is 9.47 Å². The molecule has 7 nitrogen and oxygen atoms in total. The first-order valence-electron chi connectivity index (χ1n) is 4.57. The molecule has 0 saturated heterocycles. The van der Waals surface area contributed by atoms with Crippen LogP contribution in [0.15, 0.2) is 0 Å². The average molecular weight is 234 g/mol. The lowest BCUT2D eigenvalue weighted by Gasteiger charge is -2.15. The van der Waals surface area contributed by atoms with E-state index in [1.54, 1.807) is 0 Å². The van der Waals surface area contributed by atoms with Crippen molar-refractivity contribution in [3.05, 3.63) is 0 Å². The third-order valence-corrected chi connectivity index (χ3v) is 1.61. The number of ether oxygens (including phenoxy) is 2. The second-order valence-electron chi connectivity index (χ2n) is 3.17. The lowest BCUT2D eigenvalue weighted by molar-refractivity contribution is -0.177. The number of rotatable bonds is 5. The fourth-order valence-electron chi connectivity index (χ4n) is 0.641. The Kier molecular flexibility index (Phi) is 5.44. The van der Waals surface area contributed by atoms with Crippen LogP contribution in [0.4, 0.5) is 0 Å². The van der Waals surface area contributed by atoms with Gasteiger partial charge in [-0.05, 0) is 20.8 Å². The van der Waals surface area contributed by atoms with E-state index < -0.39 is 36.2 Å². The summed E-state index contributed by atoms with van der Waals surface area (Å²) in [6, 6.07) is 0. The predicted molar refractivity (Wildman–Crippen MR) is 50.4 cm³/mol. The molecule has 0 fully saturated rings. The molecule has 0 amide bonds. The number of carbonyl (C=O) groups is 3. The van der Waals surface area contributed by atoms with E-state index in [0.717, 1.165) is 0 Å². The molecule has 92 valence electrons. The van der Waals surface area contributed by atoms with Crippen molar-refractivity contribution in [2.24, 2.45) is 0 Å². The lowest BCUT2D eigenvalue weighted by atomic mass is 10.3. The first-order valence-corrected chi connectivity index (χ1v) is 4.57. The zero-order chi connectivity index (χ0) is 12.9. The highest BCUT2D eigenvalue weighted by molar-refractivity contribution is 5.83. The Balaban J connectivity index is 4.19. The molecular weight excluding hydrogens is 220 g/mol. The van der Waals surface area contributed by atoms with Gasteiger partial charge in [-0.1, -0.05) is 0 Å². The molecule has 0 heterocycles. The highest BCUT2D eigenvalue weighted by atomic mass is 16.6. The van der Waals surface area contributed by atoms with Crippen LogP contribution in [0.1, 0.15) is 20.8 Å². The summed E-state index contributed by atoms with van der Waals surface area (Å²) in [4.78, 5) is 32.4. The number of aliphatic hydroxyl groups excluding tert-OH is 1. The number of hydrogen-bond acceptors (Lipinski definition) is 6. The van der Waals surface area contributed by atoms with Gasteiger partial charge in [-0.25, -0.2) is 14.4 Å². The van der Waals surface area contributed by atoms with Gasteiger partial charge in [0.05, 0.1) is 0 Å². The van der Waals surface area contributed by atoms with Gasteiger partial charge in [-0.2, -0.15) is 0 Å². The summed E-state index contributed by atoms with van der Waals surface area (Å²) < 4.78 is 8.95. The van der Waals surface area contributed by atoms with Gasteiger partial charge in [0.15, 0.2) is 12.2 Å². The highest BCUT2D eigenvalue weighted by Crippen LogP contribution is 2.01. The molecule has 0 aromatic heterocycles. The van der Waals surface area contributed by atoms with Crippen LogP contribution >= 0.6 is 0 Å². The molecule has 0 aliphatic carbocycles. The topological polar surface area (TPSA) is 110 Å². The fourth-order valence-corrected chi connectivity index (χ4v) is 0.641. The van der Waals surface area contributed by atoms with E-state index in [-0.39, 0.29) is 0 Å². The maximum atomic E-state index is 11.2. The smallest absolute Gasteiger partial charge is 0.347 e. The van der Waals surface area contributed by atoms with Gasteiger partial charge in [-0.15, -0.1) is 0 Å². The monoisotopic (exact) mass is 234 g/mol. The Labute approximate surface area is 92.0 Å². The van der Waals surface area contributed by atoms with E-state index in [9.17, 15) is 14.4 Å². The van der Waals surface area contributed by atoms with Crippen molar-refractivity contribution in [3.63, 3.8) is 0 Å². The van der Waals surface area contributed by atoms with E-state index in [1.165, 1.54) is 20.8 Å². The third-order valence-electron chi connectivity index (χ3n) is 1.61. The number of hydrogen-bond donors (Lipinski definition) is 2. The van der Waals surface area contributed by atoms with Crippen molar-refractivity contribution >= 4 is 17.9 Å². The van der Waals surface area contributed by atoms with E-state index in [4.69, 9.17) is 10.2 Å². The van der Waals surface area contributed by atoms with Crippen molar-refractivity contribution in [3.8, 4) is 0 Å². The minimum absolute atomic E-state index is 0.979. The first-order chi connectivity index (χ1) is 7.25. The summed E-state index contributed by atoms with van der Waals surface area (Å²) in [6.45, 7) is 3.57. The van der Waals surface area contributed by atoms with Crippen molar-refractivity contribution < 1.29 is 34.1 Å². The molecule has 0 saturated carbocycles. The van der Waals surface area contributed by atoms with E-state index >= 15 is 0 Å². The molecule has 0 rings (SSSR count). The van der Waals surface area contributed by atoms with Crippen molar-refractivity contribution in [2.75, 3.05) is 0 Å². The van der Waals surface area contributed by atoms with E-state index in [1.807, 2.05) is 0 Å². The van der Waals surface area contributed by atoms with Crippen molar-refractivity contribution in [1.82, 2.24) is 0 Å². The Hall–Kier alpha value is -1.63. The maximum Gasteiger partial charge on any atom is 0.347 e. The zero-order valence-corrected chi connectivity index (χ0v) is 9.17. The van der Waals surface area contributed by atoms with Crippen LogP contribution in [0.2, 0.25) is 0 Å². The van der Waals surface area contributed by atoms with Gasteiger partial charge in [0.25, 0.3) is 0 Å². The number of esters is 2. The third kappa shape index (κ3) is 4.74. The van der Waals surface area contributed by atoms with Gasteiger partial charge >= 0.3 is 17.9 Å². The Bertz CT molecular complexity index is 284. The maximum absolute atomic E-state index is 11.2. The van der Waals surface area contributed by atoms with Crippen LogP contribution in [-0.2, 0) is 23.9 Å². The molecule has 3 atom stereocenters. The molecule has 0 bridgehead atoms. The number of carboxylic acid groups (broad SMARTS) is 1. The van der Waals surface area contributed by atoms with Crippen LogP contribution < -0.4 is 0 Å². The van der Waals surface area contributed by atoms with Gasteiger partial charge in [-0.3, -0.25) is 0 Å². The van der Waals surface area contributed by atoms with Crippen LogP contribution in [0.3, 0.4) is 0 Å². The van der Waals surface area contributed by atoms with Gasteiger partial charge in [0.1, 0.15) is 6.10 Å². The Morgan fingerprint density at radius 3 is 1.75 bits per heavy atom. The number of carboxylic acids is 1. The normalized spacial score (nSPS) is 15.8. The average Bonchev–Trinajstić information content (AvgIpc) is 2.16. The van der Waals surface area contributed by atoms with Gasteiger partial charge in [0.2, 0.25) is 0 Å². The predicted octanol–water partition coefficient (Wildman–Crippen LogP) is -0.685. The quantitative estimate of drug-likeness (QED) is 0.606. The largest absolute Gasteiger partial charge is 0.479 e. The minimum Gasteiger partial charge on any atom is -0.479 e. The summed E-state index contributed by atoms with van der Waals surface area (Å²) in [7, 11) is 0. The van der Waals surface area contributed by atoms with Crippen molar-refractivity contribution in [2.45, 2.75) is 39.1 Å². The SMILES string of the molecule is C[C@@H](O)C(=O)O[C@H](C)C(=O)O[C@H](C)C(=O)O. The number of aliphatic hydroxyl groups is 1. The number of aliphatic carboxylic acids is 1. The van der Waals surface area contributed by atoms with Crippen LogP contribution in [0.25, 0.3) is 0 Å². The van der Waals surface area contributed by atoms with Crippen LogP contribution in [0.5, 0.6) is 0 Å². The molecule has 0 aromatic rings. The summed E-state index contributed by atoms with van der Waals surface area (Å²) in [5, 5.41) is 17.3. The summed E-state index contributed by atoms with van der Waals surface area (Å²) in [5.41, 5.74) is 0. The molecule has 16 heavy (non-hydrogen) atoms. The fraction of sp³-hybridized carbons (Fsp3) is 0.667. The highest BCUT2D eigenvalue weighted by Gasteiger charge is 2.25. The van der Waals surface area contributed by atoms with Crippen LogP contribution in [-0.4, -0.2) is 46.4 Å². The molecule has 7 heteroatoms. The molecule has 0 radical (unpaired) electrons.